The predicted octanol–water partition coefficient (Wildman–Crippen LogP) is 3.76. The first-order chi connectivity index (χ1) is 13.2. The van der Waals surface area contributed by atoms with E-state index in [4.69, 9.17) is 9.47 Å². The number of hydrogen-bond donors (Lipinski definition) is 2. The number of aromatic nitrogens is 1. The first-order valence-corrected chi connectivity index (χ1v) is 9.30. The number of carbonyl (C=O) groups excluding carboxylic acids is 1. The van der Waals surface area contributed by atoms with Crippen LogP contribution < -0.4 is 20.1 Å². The van der Waals surface area contributed by atoms with Gasteiger partial charge in [-0.05, 0) is 17.7 Å². The lowest BCUT2D eigenvalue weighted by atomic mass is 10.2. The number of benzene rings is 2. The number of methoxy groups -OCH3 is 2. The molecule has 0 spiro atoms. The molecule has 0 atom stereocenters. The van der Waals surface area contributed by atoms with Gasteiger partial charge in [0.1, 0.15) is 11.5 Å². The van der Waals surface area contributed by atoms with Gasteiger partial charge in [-0.25, -0.2) is 4.98 Å². The highest BCUT2D eigenvalue weighted by Crippen LogP contribution is 2.32. The van der Waals surface area contributed by atoms with Crippen molar-refractivity contribution in [3.05, 3.63) is 65.2 Å². The maximum Gasteiger partial charge on any atom is 0.226 e. The molecule has 27 heavy (non-hydrogen) atoms. The van der Waals surface area contributed by atoms with Crippen LogP contribution in [0.25, 0.3) is 0 Å². The molecule has 2 N–H and O–H groups in total. The number of ether oxygens (including phenoxy) is 2. The maximum absolute atomic E-state index is 12.1. The molecule has 0 radical (unpaired) electrons. The molecule has 1 amide bonds. The molecule has 0 unspecified atom stereocenters. The summed E-state index contributed by atoms with van der Waals surface area (Å²) >= 11 is 1.43. The minimum absolute atomic E-state index is 0.0605. The topological polar surface area (TPSA) is 72.5 Å². The summed E-state index contributed by atoms with van der Waals surface area (Å²) in [6.07, 6.45) is 0.236. The Hall–Kier alpha value is -3.06. The zero-order valence-corrected chi connectivity index (χ0v) is 16.0. The summed E-state index contributed by atoms with van der Waals surface area (Å²) < 4.78 is 10.6. The molecule has 1 aromatic heterocycles. The standard InChI is InChI=1S/C20H21N3O3S/c1-25-16-8-9-18(26-2)17(11-16)23-20-22-15(13-27-20)10-19(24)21-12-14-6-4-3-5-7-14/h3-9,11,13H,10,12H2,1-2H3,(H,21,24)(H,22,23). The Morgan fingerprint density at radius 2 is 1.93 bits per heavy atom. The van der Waals surface area contributed by atoms with Crippen molar-refractivity contribution < 1.29 is 14.3 Å². The van der Waals surface area contributed by atoms with Gasteiger partial charge in [-0.1, -0.05) is 30.3 Å². The van der Waals surface area contributed by atoms with Crippen LogP contribution in [0.1, 0.15) is 11.3 Å². The third-order valence-corrected chi connectivity index (χ3v) is 4.68. The van der Waals surface area contributed by atoms with Crippen LogP contribution in [0, 0.1) is 0 Å². The molecule has 6 nitrogen and oxygen atoms in total. The Kier molecular flexibility index (Phi) is 6.27. The van der Waals surface area contributed by atoms with Gasteiger partial charge in [-0.3, -0.25) is 4.79 Å². The van der Waals surface area contributed by atoms with E-state index < -0.39 is 0 Å². The molecule has 0 aliphatic carbocycles. The molecule has 0 fully saturated rings. The van der Waals surface area contributed by atoms with E-state index in [1.807, 2.05) is 53.9 Å². The van der Waals surface area contributed by atoms with Gasteiger partial charge in [0, 0.05) is 18.0 Å². The molecule has 0 bridgehead atoms. The van der Waals surface area contributed by atoms with Gasteiger partial charge in [0.25, 0.3) is 0 Å². The van der Waals surface area contributed by atoms with Crippen LogP contribution in [0.4, 0.5) is 10.8 Å². The number of rotatable bonds is 8. The van der Waals surface area contributed by atoms with Crippen molar-refractivity contribution >= 4 is 28.1 Å². The Morgan fingerprint density at radius 3 is 2.67 bits per heavy atom. The van der Waals surface area contributed by atoms with Crippen molar-refractivity contribution in [1.82, 2.24) is 10.3 Å². The molecule has 0 saturated heterocycles. The molecule has 3 rings (SSSR count). The average Bonchev–Trinajstić information content (AvgIpc) is 3.13. The highest BCUT2D eigenvalue weighted by Gasteiger charge is 2.10. The third kappa shape index (κ3) is 5.21. The molecule has 2 aromatic carbocycles. The van der Waals surface area contributed by atoms with Gasteiger partial charge < -0.3 is 20.1 Å². The van der Waals surface area contributed by atoms with E-state index in [0.29, 0.717) is 17.4 Å². The van der Waals surface area contributed by atoms with E-state index in [-0.39, 0.29) is 12.3 Å². The lowest BCUT2D eigenvalue weighted by Gasteiger charge is -2.10. The summed E-state index contributed by atoms with van der Waals surface area (Å²) in [5.74, 6) is 1.35. The van der Waals surface area contributed by atoms with E-state index >= 15 is 0 Å². The number of nitrogens with zero attached hydrogens (tertiary/aromatic N) is 1. The molecule has 3 aromatic rings. The lowest BCUT2D eigenvalue weighted by molar-refractivity contribution is -0.120. The Bertz CT molecular complexity index is 896. The molecule has 1 heterocycles. The first-order valence-electron chi connectivity index (χ1n) is 8.42. The minimum Gasteiger partial charge on any atom is -0.497 e. The Labute approximate surface area is 162 Å². The predicted molar refractivity (Wildman–Crippen MR) is 107 cm³/mol. The normalized spacial score (nSPS) is 10.3. The van der Waals surface area contributed by atoms with Crippen molar-refractivity contribution in [3.63, 3.8) is 0 Å². The van der Waals surface area contributed by atoms with Crippen molar-refractivity contribution in [2.75, 3.05) is 19.5 Å². The van der Waals surface area contributed by atoms with Crippen molar-refractivity contribution in [3.8, 4) is 11.5 Å². The van der Waals surface area contributed by atoms with Gasteiger partial charge in [0.2, 0.25) is 5.91 Å². The van der Waals surface area contributed by atoms with Gasteiger partial charge in [-0.15, -0.1) is 11.3 Å². The summed E-state index contributed by atoms with van der Waals surface area (Å²) in [5, 5.41) is 8.69. The number of thiazole rings is 1. The fourth-order valence-electron chi connectivity index (χ4n) is 2.50. The second-order valence-electron chi connectivity index (χ2n) is 5.77. The van der Waals surface area contributed by atoms with E-state index in [1.165, 1.54) is 11.3 Å². The quantitative estimate of drug-likeness (QED) is 0.620. The largest absolute Gasteiger partial charge is 0.497 e. The fourth-order valence-corrected chi connectivity index (χ4v) is 3.22. The van der Waals surface area contributed by atoms with Crippen LogP contribution in [0.3, 0.4) is 0 Å². The van der Waals surface area contributed by atoms with E-state index in [9.17, 15) is 4.79 Å². The number of anilines is 2. The summed E-state index contributed by atoms with van der Waals surface area (Å²) in [6, 6.07) is 15.3. The maximum atomic E-state index is 12.1. The van der Waals surface area contributed by atoms with Crippen LogP contribution in [0.2, 0.25) is 0 Å². The summed E-state index contributed by atoms with van der Waals surface area (Å²) in [6.45, 7) is 0.510. The van der Waals surface area contributed by atoms with E-state index in [2.05, 4.69) is 15.6 Å². The number of nitrogens with one attached hydrogen (secondary N) is 2. The Balaban J connectivity index is 1.59. The fraction of sp³-hybridized carbons (Fsp3) is 0.200. The number of hydrogen-bond acceptors (Lipinski definition) is 6. The highest BCUT2D eigenvalue weighted by molar-refractivity contribution is 7.13. The van der Waals surface area contributed by atoms with Gasteiger partial charge in [0.05, 0.1) is 32.0 Å². The molecule has 140 valence electrons. The van der Waals surface area contributed by atoms with Crippen molar-refractivity contribution in [2.24, 2.45) is 0 Å². The van der Waals surface area contributed by atoms with Crippen LogP contribution in [-0.2, 0) is 17.8 Å². The van der Waals surface area contributed by atoms with Crippen LogP contribution in [-0.4, -0.2) is 25.1 Å². The molecular weight excluding hydrogens is 362 g/mol. The van der Waals surface area contributed by atoms with E-state index in [0.717, 1.165) is 22.7 Å². The summed E-state index contributed by atoms with van der Waals surface area (Å²) in [4.78, 5) is 16.6. The SMILES string of the molecule is COc1ccc(OC)c(Nc2nc(CC(=O)NCc3ccccc3)cs2)c1. The Morgan fingerprint density at radius 1 is 1.11 bits per heavy atom. The average molecular weight is 383 g/mol. The highest BCUT2D eigenvalue weighted by atomic mass is 32.1. The smallest absolute Gasteiger partial charge is 0.226 e. The molecular formula is C20H21N3O3S. The number of amides is 1. The molecule has 0 saturated carbocycles. The van der Waals surface area contributed by atoms with Gasteiger partial charge >= 0.3 is 0 Å². The van der Waals surface area contributed by atoms with Crippen molar-refractivity contribution in [1.29, 1.82) is 0 Å². The van der Waals surface area contributed by atoms with Crippen LogP contribution in [0.15, 0.2) is 53.9 Å². The second kappa shape index (κ2) is 9.05. The van der Waals surface area contributed by atoms with Crippen LogP contribution >= 0.6 is 11.3 Å². The third-order valence-electron chi connectivity index (χ3n) is 3.87. The second-order valence-corrected chi connectivity index (χ2v) is 6.63. The van der Waals surface area contributed by atoms with E-state index in [1.54, 1.807) is 14.2 Å². The summed E-state index contributed by atoms with van der Waals surface area (Å²) in [5.41, 5.74) is 2.54. The van der Waals surface area contributed by atoms with Gasteiger partial charge in [0.15, 0.2) is 5.13 Å². The van der Waals surface area contributed by atoms with Crippen molar-refractivity contribution in [2.45, 2.75) is 13.0 Å². The lowest BCUT2D eigenvalue weighted by Crippen LogP contribution is -2.24. The first kappa shape index (κ1) is 18.7. The monoisotopic (exact) mass is 383 g/mol. The molecule has 0 aliphatic rings. The zero-order chi connectivity index (χ0) is 19.1. The van der Waals surface area contributed by atoms with Gasteiger partial charge in [-0.2, -0.15) is 0 Å². The van der Waals surface area contributed by atoms with Crippen LogP contribution in [0.5, 0.6) is 11.5 Å². The molecule has 0 aliphatic heterocycles. The zero-order valence-electron chi connectivity index (χ0n) is 15.2. The molecule has 7 heteroatoms. The number of carbonyl (C=O) groups is 1. The minimum atomic E-state index is -0.0605. The summed E-state index contributed by atoms with van der Waals surface area (Å²) in [7, 11) is 3.22.